The standard InChI is InChI=1S/C25H21N3O2/c1-16-15-26-25(30)23-13-19-10-11-20(14-22(19)28(16)23)24(29)27-21-9-5-8-18(12-21)17-6-3-2-4-7-17/h2-14,16H,15H2,1H3,(H,26,30)(H,27,29). The Hall–Kier alpha value is -3.86. The Labute approximate surface area is 174 Å². The fraction of sp³-hybridized carbons (Fsp3) is 0.120. The molecule has 1 aromatic heterocycles. The van der Waals surface area contributed by atoms with Gasteiger partial charge in [0.15, 0.2) is 0 Å². The molecule has 30 heavy (non-hydrogen) atoms. The summed E-state index contributed by atoms with van der Waals surface area (Å²) in [6.45, 7) is 2.64. The fourth-order valence-electron chi connectivity index (χ4n) is 4.04. The van der Waals surface area contributed by atoms with Crippen molar-refractivity contribution < 1.29 is 9.59 Å². The summed E-state index contributed by atoms with van der Waals surface area (Å²) in [5.41, 5.74) is 4.99. The van der Waals surface area contributed by atoms with Gasteiger partial charge in [-0.2, -0.15) is 0 Å². The monoisotopic (exact) mass is 395 g/mol. The van der Waals surface area contributed by atoms with Crippen LogP contribution < -0.4 is 10.6 Å². The Morgan fingerprint density at radius 3 is 2.60 bits per heavy atom. The van der Waals surface area contributed by atoms with Gasteiger partial charge in [0, 0.05) is 34.7 Å². The Balaban J connectivity index is 1.46. The van der Waals surface area contributed by atoms with Crippen LogP contribution in [-0.4, -0.2) is 22.9 Å². The van der Waals surface area contributed by atoms with E-state index in [4.69, 9.17) is 0 Å². The van der Waals surface area contributed by atoms with E-state index in [0.717, 1.165) is 27.7 Å². The van der Waals surface area contributed by atoms with Crippen LogP contribution in [0.15, 0.2) is 78.9 Å². The maximum Gasteiger partial charge on any atom is 0.268 e. The molecule has 5 rings (SSSR count). The number of rotatable bonds is 3. The third-order valence-electron chi connectivity index (χ3n) is 5.56. The van der Waals surface area contributed by atoms with Gasteiger partial charge in [0.2, 0.25) is 0 Å². The fourth-order valence-corrected chi connectivity index (χ4v) is 4.04. The predicted octanol–water partition coefficient (Wildman–Crippen LogP) is 4.87. The van der Waals surface area contributed by atoms with E-state index in [1.54, 1.807) is 6.07 Å². The zero-order valence-corrected chi connectivity index (χ0v) is 16.6. The third-order valence-corrected chi connectivity index (χ3v) is 5.56. The second kappa shape index (κ2) is 7.19. The van der Waals surface area contributed by atoms with Crippen LogP contribution in [0.5, 0.6) is 0 Å². The second-order valence-electron chi connectivity index (χ2n) is 7.63. The van der Waals surface area contributed by atoms with Crippen LogP contribution in [0.2, 0.25) is 0 Å². The van der Waals surface area contributed by atoms with E-state index >= 15 is 0 Å². The van der Waals surface area contributed by atoms with Crippen molar-refractivity contribution in [1.82, 2.24) is 9.88 Å². The number of hydrogen-bond donors (Lipinski definition) is 2. The summed E-state index contributed by atoms with van der Waals surface area (Å²) in [5.74, 6) is -0.251. The van der Waals surface area contributed by atoms with E-state index in [-0.39, 0.29) is 17.9 Å². The zero-order valence-electron chi connectivity index (χ0n) is 16.6. The summed E-state index contributed by atoms with van der Waals surface area (Å²) in [6, 6.07) is 25.5. The number of benzene rings is 3. The highest BCUT2D eigenvalue weighted by atomic mass is 16.2. The van der Waals surface area contributed by atoms with Gasteiger partial charge < -0.3 is 15.2 Å². The summed E-state index contributed by atoms with van der Waals surface area (Å²) in [5, 5.41) is 6.85. The van der Waals surface area contributed by atoms with Crippen molar-refractivity contribution in [2.24, 2.45) is 0 Å². The summed E-state index contributed by atoms with van der Waals surface area (Å²) in [6.07, 6.45) is 0. The molecule has 0 saturated heterocycles. The van der Waals surface area contributed by atoms with Crippen LogP contribution in [0.4, 0.5) is 5.69 Å². The van der Waals surface area contributed by atoms with Crippen LogP contribution >= 0.6 is 0 Å². The topological polar surface area (TPSA) is 63.1 Å². The molecular weight excluding hydrogens is 374 g/mol. The number of carbonyl (C=O) groups excluding carboxylic acids is 2. The third kappa shape index (κ3) is 3.14. The molecule has 1 atom stereocenters. The lowest BCUT2D eigenvalue weighted by Gasteiger charge is -2.24. The molecule has 2 N–H and O–H groups in total. The highest BCUT2D eigenvalue weighted by molar-refractivity contribution is 6.07. The molecule has 4 aromatic rings. The summed E-state index contributed by atoms with van der Waals surface area (Å²) in [7, 11) is 0. The normalized spacial score (nSPS) is 15.5. The number of carbonyl (C=O) groups is 2. The molecule has 2 amide bonds. The summed E-state index contributed by atoms with van der Waals surface area (Å²) >= 11 is 0. The molecule has 0 radical (unpaired) electrons. The molecular formula is C25H21N3O2. The molecule has 2 heterocycles. The molecule has 0 fully saturated rings. The lowest BCUT2D eigenvalue weighted by molar-refractivity contribution is 0.0919. The van der Waals surface area contributed by atoms with Crippen LogP contribution in [0, 0.1) is 0 Å². The van der Waals surface area contributed by atoms with Crippen molar-refractivity contribution in [3.8, 4) is 11.1 Å². The van der Waals surface area contributed by atoms with E-state index in [1.807, 2.05) is 77.4 Å². The number of anilines is 1. The number of fused-ring (bicyclic) bond motifs is 3. The average molecular weight is 395 g/mol. The van der Waals surface area contributed by atoms with Gasteiger partial charge in [-0.1, -0.05) is 48.5 Å². The molecule has 1 aliphatic rings. The molecule has 3 aromatic carbocycles. The van der Waals surface area contributed by atoms with Gasteiger partial charge in [-0.3, -0.25) is 9.59 Å². The molecule has 0 saturated carbocycles. The van der Waals surface area contributed by atoms with Gasteiger partial charge in [0.25, 0.3) is 11.8 Å². The lowest BCUT2D eigenvalue weighted by atomic mass is 10.1. The number of amides is 2. The maximum atomic E-state index is 12.9. The Morgan fingerprint density at radius 2 is 1.77 bits per heavy atom. The molecule has 0 spiro atoms. The van der Waals surface area contributed by atoms with Crippen molar-refractivity contribution in [3.05, 3.63) is 90.1 Å². The van der Waals surface area contributed by atoms with E-state index in [1.165, 1.54) is 0 Å². The Morgan fingerprint density at radius 1 is 0.967 bits per heavy atom. The molecule has 0 aliphatic carbocycles. The van der Waals surface area contributed by atoms with Crippen molar-refractivity contribution in [1.29, 1.82) is 0 Å². The molecule has 0 bridgehead atoms. The van der Waals surface area contributed by atoms with E-state index in [0.29, 0.717) is 17.8 Å². The molecule has 1 aliphatic heterocycles. The van der Waals surface area contributed by atoms with E-state index in [2.05, 4.69) is 17.6 Å². The van der Waals surface area contributed by atoms with E-state index < -0.39 is 0 Å². The lowest BCUT2D eigenvalue weighted by Crippen LogP contribution is -2.37. The largest absolute Gasteiger partial charge is 0.349 e. The molecule has 1 unspecified atom stereocenters. The SMILES string of the molecule is CC1CNC(=O)c2cc3ccc(C(=O)Nc4cccc(-c5ccccc5)c4)cc3n21. The number of nitrogens with one attached hydrogen (secondary N) is 2. The average Bonchev–Trinajstić information content (AvgIpc) is 3.17. The zero-order chi connectivity index (χ0) is 20.7. The van der Waals surface area contributed by atoms with Crippen molar-refractivity contribution in [3.63, 3.8) is 0 Å². The summed E-state index contributed by atoms with van der Waals surface area (Å²) < 4.78 is 2.01. The van der Waals surface area contributed by atoms with Crippen molar-refractivity contribution in [2.75, 3.05) is 11.9 Å². The first-order valence-electron chi connectivity index (χ1n) is 10.0. The number of hydrogen-bond acceptors (Lipinski definition) is 2. The first kappa shape index (κ1) is 18.2. The predicted molar refractivity (Wildman–Crippen MR) is 119 cm³/mol. The van der Waals surface area contributed by atoms with Crippen LogP contribution in [0.25, 0.3) is 22.0 Å². The van der Waals surface area contributed by atoms with Gasteiger partial charge in [-0.05, 0) is 48.4 Å². The van der Waals surface area contributed by atoms with E-state index in [9.17, 15) is 9.59 Å². The van der Waals surface area contributed by atoms with Crippen molar-refractivity contribution in [2.45, 2.75) is 13.0 Å². The van der Waals surface area contributed by atoms with Crippen molar-refractivity contribution >= 4 is 28.4 Å². The minimum atomic E-state index is -0.175. The van der Waals surface area contributed by atoms with Gasteiger partial charge in [0.1, 0.15) is 5.69 Å². The van der Waals surface area contributed by atoms with Gasteiger partial charge in [0.05, 0.1) is 0 Å². The Kier molecular flexibility index (Phi) is 4.36. The Bertz CT molecular complexity index is 1270. The van der Waals surface area contributed by atoms with Gasteiger partial charge in [-0.25, -0.2) is 0 Å². The molecule has 5 heteroatoms. The van der Waals surface area contributed by atoms with Crippen LogP contribution in [-0.2, 0) is 0 Å². The summed E-state index contributed by atoms with van der Waals surface area (Å²) in [4.78, 5) is 25.1. The minimum absolute atomic E-state index is 0.0759. The first-order valence-corrected chi connectivity index (χ1v) is 10.0. The number of nitrogens with zero attached hydrogens (tertiary/aromatic N) is 1. The quantitative estimate of drug-likeness (QED) is 0.520. The highest BCUT2D eigenvalue weighted by Gasteiger charge is 2.24. The van der Waals surface area contributed by atoms with Crippen LogP contribution in [0.1, 0.15) is 33.8 Å². The second-order valence-corrected chi connectivity index (χ2v) is 7.63. The van der Waals surface area contributed by atoms with Gasteiger partial charge in [-0.15, -0.1) is 0 Å². The molecule has 148 valence electrons. The van der Waals surface area contributed by atoms with Gasteiger partial charge >= 0.3 is 0 Å². The van der Waals surface area contributed by atoms with Crippen LogP contribution in [0.3, 0.4) is 0 Å². The highest BCUT2D eigenvalue weighted by Crippen LogP contribution is 2.28. The number of aromatic nitrogens is 1. The first-order chi connectivity index (χ1) is 14.6. The molecule has 5 nitrogen and oxygen atoms in total. The maximum absolute atomic E-state index is 12.9. The smallest absolute Gasteiger partial charge is 0.268 e. The minimum Gasteiger partial charge on any atom is -0.349 e.